The molecule has 0 amide bonds. The second-order valence-electron chi connectivity index (χ2n) is 4.78. The minimum Gasteiger partial charge on any atom is -0.306 e. The monoisotopic (exact) mass is 373 g/mol. The second-order valence-corrected chi connectivity index (χ2v) is 6.07. The largest absolute Gasteiger partial charge is 0.306 e. The van der Waals surface area contributed by atoms with Crippen LogP contribution in [0.2, 0.25) is 5.02 Å². The van der Waals surface area contributed by atoms with Crippen molar-refractivity contribution in [2.45, 2.75) is 19.9 Å². The summed E-state index contributed by atoms with van der Waals surface area (Å²) in [5.41, 5.74) is 1.68. The fourth-order valence-corrected chi connectivity index (χ4v) is 3.14. The maximum atomic E-state index is 14.2. The molecule has 0 saturated heterocycles. The van der Waals surface area contributed by atoms with E-state index in [0.717, 1.165) is 16.1 Å². The van der Waals surface area contributed by atoms with Crippen LogP contribution in [-0.4, -0.2) is 6.54 Å². The van der Waals surface area contributed by atoms with E-state index in [1.54, 1.807) is 25.1 Å². The molecule has 5 heteroatoms. The van der Waals surface area contributed by atoms with Crippen LogP contribution in [-0.2, 0) is 0 Å². The number of nitrogens with one attached hydrogen (secondary N) is 1. The van der Waals surface area contributed by atoms with Gasteiger partial charge in [-0.3, -0.25) is 0 Å². The zero-order valence-electron chi connectivity index (χ0n) is 11.7. The third kappa shape index (κ3) is 3.62. The second kappa shape index (κ2) is 6.86. The summed E-state index contributed by atoms with van der Waals surface area (Å²) in [5.74, 6) is -1.10. The van der Waals surface area contributed by atoms with Crippen LogP contribution in [0.15, 0.2) is 34.8 Å². The first-order chi connectivity index (χ1) is 9.93. The fraction of sp³-hybridized carbons (Fsp3) is 0.250. The maximum absolute atomic E-state index is 14.2. The molecule has 0 aliphatic carbocycles. The van der Waals surface area contributed by atoms with E-state index in [4.69, 9.17) is 11.6 Å². The quantitative estimate of drug-likeness (QED) is 0.757. The van der Waals surface area contributed by atoms with Gasteiger partial charge in [-0.15, -0.1) is 0 Å². The van der Waals surface area contributed by atoms with Gasteiger partial charge < -0.3 is 5.32 Å². The highest BCUT2D eigenvalue weighted by Crippen LogP contribution is 2.32. The van der Waals surface area contributed by atoms with Gasteiger partial charge in [-0.1, -0.05) is 40.5 Å². The summed E-state index contributed by atoms with van der Waals surface area (Å²) in [6.45, 7) is 4.21. The SMILES string of the molecule is CCNC(c1cc(C)c(F)cc1F)c1ccc(Cl)cc1Br. The molecule has 0 heterocycles. The molecule has 112 valence electrons. The molecule has 0 spiro atoms. The Morgan fingerprint density at radius 2 is 1.86 bits per heavy atom. The summed E-state index contributed by atoms with van der Waals surface area (Å²) in [4.78, 5) is 0. The normalized spacial score (nSPS) is 12.5. The molecule has 1 unspecified atom stereocenters. The van der Waals surface area contributed by atoms with Gasteiger partial charge in [0.1, 0.15) is 11.6 Å². The molecule has 0 aromatic heterocycles. The minimum absolute atomic E-state index is 0.374. The van der Waals surface area contributed by atoms with Crippen LogP contribution in [0.5, 0.6) is 0 Å². The van der Waals surface area contributed by atoms with Crippen molar-refractivity contribution in [3.05, 3.63) is 68.2 Å². The summed E-state index contributed by atoms with van der Waals surface area (Å²) in [6.07, 6.45) is 0. The predicted octanol–water partition coefficient (Wildman–Crippen LogP) is 5.39. The Balaban J connectivity index is 2.55. The molecule has 0 aliphatic heterocycles. The van der Waals surface area contributed by atoms with Crippen molar-refractivity contribution < 1.29 is 8.78 Å². The molecule has 0 radical (unpaired) electrons. The fourth-order valence-electron chi connectivity index (χ4n) is 2.23. The van der Waals surface area contributed by atoms with Crippen molar-refractivity contribution in [2.75, 3.05) is 6.54 Å². The molecule has 0 fully saturated rings. The van der Waals surface area contributed by atoms with E-state index in [2.05, 4.69) is 21.2 Å². The number of hydrogen-bond acceptors (Lipinski definition) is 1. The van der Waals surface area contributed by atoms with Crippen LogP contribution in [0.1, 0.15) is 29.7 Å². The third-order valence-corrected chi connectivity index (χ3v) is 4.19. The van der Waals surface area contributed by atoms with Crippen LogP contribution >= 0.6 is 27.5 Å². The van der Waals surface area contributed by atoms with Crippen molar-refractivity contribution in [2.24, 2.45) is 0 Å². The predicted molar refractivity (Wildman–Crippen MR) is 85.8 cm³/mol. The van der Waals surface area contributed by atoms with Gasteiger partial charge in [0.05, 0.1) is 6.04 Å². The molecule has 0 saturated carbocycles. The van der Waals surface area contributed by atoms with Crippen LogP contribution in [0, 0.1) is 18.6 Å². The van der Waals surface area contributed by atoms with Crippen molar-refractivity contribution in [1.82, 2.24) is 5.32 Å². The number of rotatable bonds is 4. The van der Waals surface area contributed by atoms with Gasteiger partial charge in [0.2, 0.25) is 0 Å². The van der Waals surface area contributed by atoms with E-state index < -0.39 is 11.6 Å². The van der Waals surface area contributed by atoms with E-state index in [0.29, 0.717) is 22.7 Å². The lowest BCUT2D eigenvalue weighted by Crippen LogP contribution is -2.23. The molecule has 2 aromatic carbocycles. The van der Waals surface area contributed by atoms with Crippen LogP contribution < -0.4 is 5.32 Å². The lowest BCUT2D eigenvalue weighted by molar-refractivity contribution is 0.537. The summed E-state index contributed by atoms with van der Waals surface area (Å²) in [6, 6.07) is 7.44. The lowest BCUT2D eigenvalue weighted by atomic mass is 9.96. The maximum Gasteiger partial charge on any atom is 0.131 e. The first kappa shape index (κ1) is 16.4. The molecule has 1 nitrogen and oxygen atoms in total. The highest BCUT2D eigenvalue weighted by atomic mass is 79.9. The van der Waals surface area contributed by atoms with Gasteiger partial charge in [-0.05, 0) is 42.8 Å². The Labute approximate surface area is 136 Å². The molecule has 0 aliphatic rings. The van der Waals surface area contributed by atoms with Gasteiger partial charge in [0.15, 0.2) is 0 Å². The zero-order chi connectivity index (χ0) is 15.6. The Morgan fingerprint density at radius 3 is 2.48 bits per heavy atom. The van der Waals surface area contributed by atoms with Crippen molar-refractivity contribution >= 4 is 27.5 Å². The first-order valence-electron chi connectivity index (χ1n) is 6.58. The average molecular weight is 375 g/mol. The third-order valence-electron chi connectivity index (χ3n) is 3.27. The van der Waals surface area contributed by atoms with Gasteiger partial charge in [0.25, 0.3) is 0 Å². The van der Waals surface area contributed by atoms with Crippen molar-refractivity contribution in [3.63, 3.8) is 0 Å². The average Bonchev–Trinajstić information content (AvgIpc) is 2.41. The van der Waals surface area contributed by atoms with Gasteiger partial charge in [-0.2, -0.15) is 0 Å². The number of hydrogen-bond donors (Lipinski definition) is 1. The van der Waals surface area contributed by atoms with E-state index in [9.17, 15) is 8.78 Å². The van der Waals surface area contributed by atoms with Crippen molar-refractivity contribution in [3.8, 4) is 0 Å². The Morgan fingerprint density at radius 1 is 1.14 bits per heavy atom. The van der Waals surface area contributed by atoms with E-state index in [-0.39, 0.29) is 6.04 Å². The smallest absolute Gasteiger partial charge is 0.131 e. The number of aryl methyl sites for hydroxylation is 1. The minimum atomic E-state index is -0.564. The standard InChI is InChI=1S/C16H15BrClF2N/c1-3-21-16(11-5-4-10(18)7-13(11)17)12-6-9(2)14(19)8-15(12)20/h4-8,16,21H,3H2,1-2H3. The summed E-state index contributed by atoms with van der Waals surface area (Å²) >= 11 is 9.40. The van der Waals surface area contributed by atoms with E-state index in [1.165, 1.54) is 0 Å². The van der Waals surface area contributed by atoms with Crippen LogP contribution in [0.3, 0.4) is 0 Å². The topological polar surface area (TPSA) is 12.0 Å². The molecular weight excluding hydrogens is 360 g/mol. The highest BCUT2D eigenvalue weighted by Gasteiger charge is 2.21. The number of benzene rings is 2. The van der Waals surface area contributed by atoms with Crippen molar-refractivity contribution in [1.29, 1.82) is 0 Å². The Kier molecular flexibility index (Phi) is 5.36. The summed E-state index contributed by atoms with van der Waals surface area (Å²) < 4.78 is 28.4. The molecule has 2 rings (SSSR count). The highest BCUT2D eigenvalue weighted by molar-refractivity contribution is 9.10. The van der Waals surface area contributed by atoms with Crippen LogP contribution in [0.25, 0.3) is 0 Å². The van der Waals surface area contributed by atoms with Gasteiger partial charge in [-0.25, -0.2) is 8.78 Å². The molecule has 21 heavy (non-hydrogen) atoms. The van der Waals surface area contributed by atoms with Gasteiger partial charge >= 0.3 is 0 Å². The molecule has 1 N–H and O–H groups in total. The zero-order valence-corrected chi connectivity index (χ0v) is 14.0. The number of halogens is 4. The molecule has 2 aromatic rings. The van der Waals surface area contributed by atoms with E-state index in [1.807, 2.05) is 13.0 Å². The van der Waals surface area contributed by atoms with E-state index >= 15 is 0 Å². The van der Waals surface area contributed by atoms with Gasteiger partial charge in [0, 0.05) is 21.1 Å². The molecule has 0 bridgehead atoms. The van der Waals surface area contributed by atoms with Crippen LogP contribution in [0.4, 0.5) is 8.78 Å². The summed E-state index contributed by atoms with van der Waals surface area (Å²) in [7, 11) is 0. The summed E-state index contributed by atoms with van der Waals surface area (Å²) in [5, 5.41) is 3.82. The molecular formula is C16H15BrClF2N. The Hall–Kier alpha value is -0.970. The first-order valence-corrected chi connectivity index (χ1v) is 7.75. The molecule has 1 atom stereocenters. The Bertz CT molecular complexity index is 661. The lowest BCUT2D eigenvalue weighted by Gasteiger charge is -2.21.